The Labute approximate surface area is 114 Å². The molecule has 1 saturated carbocycles. The van der Waals surface area contributed by atoms with Gasteiger partial charge in [-0.2, -0.15) is 0 Å². The lowest BCUT2D eigenvalue weighted by molar-refractivity contribution is 0.0163. The molecule has 0 bridgehead atoms. The van der Waals surface area contributed by atoms with Crippen molar-refractivity contribution in [2.45, 2.75) is 77.9 Å². The first-order valence-corrected chi connectivity index (χ1v) is 8.16. The molecule has 0 spiro atoms. The Morgan fingerprint density at radius 3 is 2.56 bits per heavy atom. The van der Waals surface area contributed by atoms with Crippen LogP contribution in [-0.2, 0) is 0 Å². The minimum absolute atomic E-state index is 0.720. The van der Waals surface area contributed by atoms with Gasteiger partial charge in [0.25, 0.3) is 0 Å². The highest BCUT2D eigenvalue weighted by Crippen LogP contribution is 2.34. The van der Waals surface area contributed by atoms with Crippen LogP contribution in [0.5, 0.6) is 0 Å². The highest BCUT2D eigenvalue weighted by Gasteiger charge is 2.37. The van der Waals surface area contributed by atoms with Gasteiger partial charge in [-0.25, -0.2) is 0 Å². The van der Waals surface area contributed by atoms with E-state index in [4.69, 9.17) is 0 Å². The second-order valence-corrected chi connectivity index (χ2v) is 6.61. The molecule has 0 radical (unpaired) electrons. The fourth-order valence-corrected chi connectivity index (χ4v) is 3.97. The van der Waals surface area contributed by atoms with E-state index in [1.165, 1.54) is 45.2 Å². The third-order valence-corrected chi connectivity index (χ3v) is 5.60. The van der Waals surface area contributed by atoms with E-state index in [0.717, 1.165) is 30.0 Å². The third kappa shape index (κ3) is 2.91. The van der Waals surface area contributed by atoms with Crippen molar-refractivity contribution in [3.63, 3.8) is 0 Å². The fourth-order valence-electron chi connectivity index (χ4n) is 3.97. The van der Waals surface area contributed by atoms with Crippen molar-refractivity contribution in [1.29, 1.82) is 0 Å². The van der Waals surface area contributed by atoms with E-state index in [-0.39, 0.29) is 0 Å². The lowest BCUT2D eigenvalue weighted by Gasteiger charge is -2.49. The molecule has 18 heavy (non-hydrogen) atoms. The van der Waals surface area contributed by atoms with E-state index in [0.29, 0.717) is 0 Å². The minimum atomic E-state index is 0.720. The molecule has 0 amide bonds. The van der Waals surface area contributed by atoms with Crippen LogP contribution in [0.15, 0.2) is 0 Å². The smallest absolute Gasteiger partial charge is 0.0221 e. The molecule has 0 aromatic heterocycles. The van der Waals surface area contributed by atoms with Gasteiger partial charge in [0.05, 0.1) is 0 Å². The molecule has 2 heteroatoms. The van der Waals surface area contributed by atoms with Crippen LogP contribution in [-0.4, -0.2) is 36.1 Å². The van der Waals surface area contributed by atoms with Gasteiger partial charge in [0, 0.05) is 31.2 Å². The monoisotopic (exact) mass is 252 g/mol. The predicted molar refractivity (Wildman–Crippen MR) is 78.8 cm³/mol. The van der Waals surface area contributed by atoms with Gasteiger partial charge in [-0.1, -0.05) is 40.5 Å². The maximum atomic E-state index is 3.72. The van der Waals surface area contributed by atoms with Crippen molar-refractivity contribution in [3.05, 3.63) is 0 Å². The Bertz CT molecular complexity index is 253. The molecule has 1 aliphatic carbocycles. The summed E-state index contributed by atoms with van der Waals surface area (Å²) in [6.07, 6.45) is 6.87. The summed E-state index contributed by atoms with van der Waals surface area (Å²) in [7, 11) is 0. The molecule has 1 saturated heterocycles. The first-order chi connectivity index (χ1) is 8.67. The quantitative estimate of drug-likeness (QED) is 0.829. The van der Waals surface area contributed by atoms with E-state index in [9.17, 15) is 0 Å². The lowest BCUT2D eigenvalue weighted by atomic mass is 9.76. The van der Waals surface area contributed by atoms with Crippen LogP contribution in [0, 0.1) is 11.8 Å². The summed E-state index contributed by atoms with van der Waals surface area (Å²) in [6.45, 7) is 12.1. The summed E-state index contributed by atoms with van der Waals surface area (Å²) in [5, 5.41) is 3.72. The topological polar surface area (TPSA) is 15.3 Å². The highest BCUT2D eigenvalue weighted by atomic mass is 15.3. The van der Waals surface area contributed by atoms with Crippen molar-refractivity contribution >= 4 is 0 Å². The molecule has 5 unspecified atom stereocenters. The van der Waals surface area contributed by atoms with Crippen molar-refractivity contribution in [2.75, 3.05) is 13.1 Å². The molecule has 0 aromatic carbocycles. The molecule has 106 valence electrons. The average molecular weight is 252 g/mol. The molecule has 1 N–H and O–H groups in total. The zero-order chi connectivity index (χ0) is 13.1. The van der Waals surface area contributed by atoms with Crippen LogP contribution >= 0.6 is 0 Å². The van der Waals surface area contributed by atoms with E-state index < -0.39 is 0 Å². The number of hydrogen-bond acceptors (Lipinski definition) is 2. The Hall–Kier alpha value is -0.0800. The Morgan fingerprint density at radius 2 is 1.89 bits per heavy atom. The molecular formula is C16H32N2. The van der Waals surface area contributed by atoms with Crippen LogP contribution in [0.3, 0.4) is 0 Å². The van der Waals surface area contributed by atoms with Crippen LogP contribution in [0.25, 0.3) is 0 Å². The summed E-state index contributed by atoms with van der Waals surface area (Å²) < 4.78 is 0. The molecule has 2 rings (SSSR count). The van der Waals surface area contributed by atoms with Crippen molar-refractivity contribution in [2.24, 2.45) is 11.8 Å². The average Bonchev–Trinajstić information content (AvgIpc) is 2.41. The van der Waals surface area contributed by atoms with E-state index in [1.807, 2.05) is 0 Å². The first-order valence-electron chi connectivity index (χ1n) is 8.16. The van der Waals surface area contributed by atoms with Crippen molar-refractivity contribution in [1.82, 2.24) is 10.2 Å². The standard InChI is InChI=1S/C16H32N2/c1-5-14-11-18(15(6-2)10-17-14)16-9-7-8-12(3)13(16)4/h12-17H,5-11H2,1-4H3. The summed E-state index contributed by atoms with van der Waals surface area (Å²) in [5.74, 6) is 1.79. The number of piperazine rings is 1. The fraction of sp³-hybridized carbons (Fsp3) is 1.00. The van der Waals surface area contributed by atoms with E-state index >= 15 is 0 Å². The maximum absolute atomic E-state index is 3.72. The molecule has 2 nitrogen and oxygen atoms in total. The number of rotatable bonds is 3. The van der Waals surface area contributed by atoms with Gasteiger partial charge >= 0.3 is 0 Å². The number of hydrogen-bond donors (Lipinski definition) is 1. The van der Waals surface area contributed by atoms with Crippen molar-refractivity contribution < 1.29 is 0 Å². The van der Waals surface area contributed by atoms with E-state index in [1.54, 1.807) is 0 Å². The largest absolute Gasteiger partial charge is 0.311 e. The van der Waals surface area contributed by atoms with E-state index in [2.05, 4.69) is 37.9 Å². The zero-order valence-corrected chi connectivity index (χ0v) is 12.8. The predicted octanol–water partition coefficient (Wildman–Crippen LogP) is 3.27. The van der Waals surface area contributed by atoms with Crippen LogP contribution < -0.4 is 5.32 Å². The first kappa shape index (κ1) is 14.3. The number of nitrogens with one attached hydrogen (secondary N) is 1. The molecule has 2 aliphatic rings. The van der Waals surface area contributed by atoms with Gasteiger partial charge in [0.1, 0.15) is 0 Å². The maximum Gasteiger partial charge on any atom is 0.0221 e. The molecule has 0 aromatic rings. The molecule has 1 aliphatic heterocycles. The molecule has 5 atom stereocenters. The summed E-state index contributed by atoms with van der Waals surface area (Å²) in [4.78, 5) is 2.87. The molecule has 1 heterocycles. The van der Waals surface area contributed by atoms with Crippen LogP contribution in [0.1, 0.15) is 59.8 Å². The summed E-state index contributed by atoms with van der Waals surface area (Å²) in [6, 6.07) is 2.33. The normalized spacial score (nSPS) is 43.0. The zero-order valence-electron chi connectivity index (χ0n) is 12.8. The lowest BCUT2D eigenvalue weighted by Crippen LogP contribution is -2.61. The van der Waals surface area contributed by atoms with Crippen LogP contribution in [0.4, 0.5) is 0 Å². The summed E-state index contributed by atoms with van der Waals surface area (Å²) in [5.41, 5.74) is 0. The van der Waals surface area contributed by atoms with Crippen molar-refractivity contribution in [3.8, 4) is 0 Å². The Balaban J connectivity index is 2.06. The molecule has 2 fully saturated rings. The molecular weight excluding hydrogens is 220 g/mol. The number of nitrogens with zero attached hydrogens (tertiary/aromatic N) is 1. The van der Waals surface area contributed by atoms with Gasteiger partial charge in [-0.05, 0) is 31.1 Å². The second-order valence-electron chi connectivity index (χ2n) is 6.61. The highest BCUT2D eigenvalue weighted by molar-refractivity contribution is 4.93. The van der Waals surface area contributed by atoms with Gasteiger partial charge in [0.2, 0.25) is 0 Å². The van der Waals surface area contributed by atoms with Gasteiger partial charge < -0.3 is 5.32 Å². The Kier molecular flexibility index (Phi) is 5.08. The minimum Gasteiger partial charge on any atom is -0.311 e. The van der Waals surface area contributed by atoms with Gasteiger partial charge in [-0.15, -0.1) is 0 Å². The van der Waals surface area contributed by atoms with Gasteiger partial charge in [-0.3, -0.25) is 4.90 Å². The Morgan fingerprint density at radius 1 is 1.11 bits per heavy atom. The van der Waals surface area contributed by atoms with Gasteiger partial charge in [0.15, 0.2) is 0 Å². The SMILES string of the molecule is CCC1CN(C2CCCC(C)C2C)C(CC)CN1. The third-order valence-electron chi connectivity index (χ3n) is 5.60. The van der Waals surface area contributed by atoms with Crippen LogP contribution in [0.2, 0.25) is 0 Å². The summed E-state index contributed by atoms with van der Waals surface area (Å²) >= 11 is 0. The second kappa shape index (κ2) is 6.38.